The van der Waals surface area contributed by atoms with Gasteiger partial charge in [-0.15, -0.1) is 12.4 Å². The lowest BCUT2D eigenvalue weighted by molar-refractivity contribution is -0.124. The molecular formula is C20H33ClN4O2. The van der Waals surface area contributed by atoms with Crippen LogP contribution in [0.3, 0.4) is 0 Å². The Labute approximate surface area is 168 Å². The zero-order valence-electron chi connectivity index (χ0n) is 16.9. The van der Waals surface area contributed by atoms with Crippen molar-refractivity contribution in [1.82, 2.24) is 21.3 Å². The lowest BCUT2D eigenvalue weighted by atomic mass is 9.94. The minimum Gasteiger partial charge on any atom is -0.352 e. The highest BCUT2D eigenvalue weighted by Gasteiger charge is 2.27. The van der Waals surface area contributed by atoms with Crippen molar-refractivity contribution in [2.24, 2.45) is 5.92 Å². The van der Waals surface area contributed by atoms with Crippen molar-refractivity contribution in [1.29, 1.82) is 0 Å². The van der Waals surface area contributed by atoms with Crippen molar-refractivity contribution < 1.29 is 9.59 Å². The zero-order valence-corrected chi connectivity index (χ0v) is 17.7. The maximum atomic E-state index is 12.7. The zero-order chi connectivity index (χ0) is 19.3. The molecule has 0 aromatic heterocycles. The topological polar surface area (TPSA) is 82.3 Å². The molecule has 0 spiro atoms. The quantitative estimate of drug-likeness (QED) is 0.617. The number of fused-ring (bicyclic) bond motifs is 1. The molecule has 1 heterocycles. The molecule has 0 fully saturated rings. The van der Waals surface area contributed by atoms with E-state index in [1.54, 1.807) is 0 Å². The number of halogens is 1. The molecule has 1 aliphatic rings. The first kappa shape index (κ1) is 23.2. The summed E-state index contributed by atoms with van der Waals surface area (Å²) >= 11 is 0. The highest BCUT2D eigenvalue weighted by Crippen LogP contribution is 2.21. The lowest BCUT2D eigenvalue weighted by Gasteiger charge is -2.29. The average Bonchev–Trinajstić information content (AvgIpc) is 2.55. The van der Waals surface area contributed by atoms with E-state index in [0.717, 1.165) is 13.0 Å². The summed E-state index contributed by atoms with van der Waals surface area (Å²) < 4.78 is 0. The maximum Gasteiger partial charge on any atom is 0.315 e. The Morgan fingerprint density at radius 1 is 1.22 bits per heavy atom. The van der Waals surface area contributed by atoms with Crippen LogP contribution in [0.25, 0.3) is 0 Å². The van der Waals surface area contributed by atoms with Crippen LogP contribution in [0.15, 0.2) is 24.3 Å². The highest BCUT2D eigenvalue weighted by molar-refractivity contribution is 5.87. The molecule has 7 heteroatoms. The number of hydrogen-bond acceptors (Lipinski definition) is 3. The predicted octanol–water partition coefficient (Wildman–Crippen LogP) is 2.53. The largest absolute Gasteiger partial charge is 0.352 e. The van der Waals surface area contributed by atoms with Crippen LogP contribution in [0.2, 0.25) is 0 Å². The molecule has 0 saturated carbocycles. The second-order valence-corrected chi connectivity index (χ2v) is 8.27. The van der Waals surface area contributed by atoms with E-state index in [1.807, 2.05) is 46.8 Å². The predicted molar refractivity (Wildman–Crippen MR) is 111 cm³/mol. The Kier molecular flexibility index (Phi) is 8.57. The summed E-state index contributed by atoms with van der Waals surface area (Å²) in [5.41, 5.74) is 2.21. The van der Waals surface area contributed by atoms with Crippen molar-refractivity contribution in [3.8, 4) is 0 Å². The third kappa shape index (κ3) is 7.03. The number of hydrogen-bond donors (Lipinski definition) is 4. The third-order valence-electron chi connectivity index (χ3n) is 4.42. The van der Waals surface area contributed by atoms with E-state index in [1.165, 1.54) is 11.1 Å². The van der Waals surface area contributed by atoms with Gasteiger partial charge in [0.2, 0.25) is 5.91 Å². The van der Waals surface area contributed by atoms with E-state index in [2.05, 4.69) is 33.4 Å². The van der Waals surface area contributed by atoms with Gasteiger partial charge in [-0.05, 0) is 50.8 Å². The smallest absolute Gasteiger partial charge is 0.315 e. The average molecular weight is 397 g/mol. The summed E-state index contributed by atoms with van der Waals surface area (Å²) in [4.78, 5) is 24.8. The maximum absolute atomic E-state index is 12.7. The second kappa shape index (κ2) is 9.95. The highest BCUT2D eigenvalue weighted by atomic mass is 35.5. The van der Waals surface area contributed by atoms with Gasteiger partial charge in [0.15, 0.2) is 0 Å². The molecule has 1 aliphatic heterocycles. The molecule has 3 amide bonds. The van der Waals surface area contributed by atoms with E-state index in [9.17, 15) is 9.59 Å². The fraction of sp³-hybridized carbons (Fsp3) is 0.600. The van der Waals surface area contributed by atoms with Crippen LogP contribution in [0.1, 0.15) is 51.8 Å². The van der Waals surface area contributed by atoms with Crippen molar-refractivity contribution in [3.63, 3.8) is 0 Å². The van der Waals surface area contributed by atoms with Crippen LogP contribution in [-0.2, 0) is 11.2 Å². The summed E-state index contributed by atoms with van der Waals surface area (Å²) in [5.74, 6) is -0.166. The fourth-order valence-corrected chi connectivity index (χ4v) is 3.14. The van der Waals surface area contributed by atoms with Crippen LogP contribution in [-0.4, -0.2) is 36.6 Å². The molecule has 0 bridgehead atoms. The Morgan fingerprint density at radius 2 is 1.89 bits per heavy atom. The van der Waals surface area contributed by atoms with E-state index in [-0.39, 0.29) is 41.8 Å². The molecular weight excluding hydrogens is 364 g/mol. The minimum absolute atomic E-state index is 0. The van der Waals surface area contributed by atoms with Gasteiger partial charge >= 0.3 is 6.03 Å². The summed E-state index contributed by atoms with van der Waals surface area (Å²) in [6.07, 6.45) is 1.00. The van der Waals surface area contributed by atoms with Crippen molar-refractivity contribution in [2.45, 2.75) is 58.7 Å². The van der Waals surface area contributed by atoms with Crippen LogP contribution < -0.4 is 21.3 Å². The van der Waals surface area contributed by atoms with Gasteiger partial charge in [-0.25, -0.2) is 4.79 Å². The number of urea groups is 1. The molecule has 0 aliphatic carbocycles. The molecule has 2 rings (SSSR count). The molecule has 27 heavy (non-hydrogen) atoms. The third-order valence-corrected chi connectivity index (χ3v) is 4.42. The Bertz CT molecular complexity index is 643. The first-order valence-corrected chi connectivity index (χ1v) is 9.35. The summed E-state index contributed by atoms with van der Waals surface area (Å²) in [5, 5.41) is 12.1. The van der Waals surface area contributed by atoms with Crippen molar-refractivity contribution in [3.05, 3.63) is 35.4 Å². The summed E-state index contributed by atoms with van der Waals surface area (Å²) in [6, 6.07) is 7.51. The Balaban J connectivity index is 0.00000364. The van der Waals surface area contributed by atoms with Crippen LogP contribution in [0.4, 0.5) is 4.79 Å². The summed E-state index contributed by atoms with van der Waals surface area (Å²) in [6.45, 7) is 11.0. The standard InChI is InChI=1S/C20H32N4O2.ClH/c1-13(2)17(23-19(26)24-20(3,4)5)18(25)22-12-16-15-9-7-6-8-14(15)10-11-21-16;/h6-9,13,16-17,21H,10-12H2,1-5H3,(H,22,25)(H2,23,24,26);1H/t16?,17-;/m0./s1. The van der Waals surface area contributed by atoms with Gasteiger partial charge in [0.25, 0.3) is 0 Å². The van der Waals surface area contributed by atoms with Crippen LogP contribution in [0, 0.1) is 5.92 Å². The Morgan fingerprint density at radius 3 is 2.52 bits per heavy atom. The molecule has 1 aromatic carbocycles. The number of carbonyl (C=O) groups is 2. The van der Waals surface area contributed by atoms with E-state index < -0.39 is 6.04 Å². The lowest BCUT2D eigenvalue weighted by Crippen LogP contribution is -2.56. The number of rotatable bonds is 5. The Hall–Kier alpha value is -1.79. The molecule has 152 valence electrons. The minimum atomic E-state index is -0.573. The van der Waals surface area contributed by atoms with Crippen LogP contribution >= 0.6 is 12.4 Å². The fourth-order valence-electron chi connectivity index (χ4n) is 3.14. The van der Waals surface area contributed by atoms with E-state index >= 15 is 0 Å². The number of amides is 3. The van der Waals surface area contributed by atoms with E-state index in [4.69, 9.17) is 0 Å². The normalized spacial score (nSPS) is 17.3. The molecule has 0 saturated heterocycles. The van der Waals surface area contributed by atoms with Crippen LogP contribution in [0.5, 0.6) is 0 Å². The summed E-state index contributed by atoms with van der Waals surface area (Å²) in [7, 11) is 0. The first-order chi connectivity index (χ1) is 12.2. The van der Waals surface area contributed by atoms with Gasteiger partial charge in [0.1, 0.15) is 6.04 Å². The molecule has 1 unspecified atom stereocenters. The molecule has 0 radical (unpaired) electrons. The van der Waals surface area contributed by atoms with Gasteiger partial charge in [0, 0.05) is 18.1 Å². The van der Waals surface area contributed by atoms with Gasteiger partial charge in [-0.1, -0.05) is 38.1 Å². The molecule has 6 nitrogen and oxygen atoms in total. The van der Waals surface area contributed by atoms with E-state index in [0.29, 0.717) is 6.54 Å². The van der Waals surface area contributed by atoms with Gasteiger partial charge < -0.3 is 21.3 Å². The van der Waals surface area contributed by atoms with Crippen molar-refractivity contribution >= 4 is 24.3 Å². The second-order valence-electron chi connectivity index (χ2n) is 8.27. The number of carbonyl (C=O) groups excluding carboxylic acids is 2. The van der Waals surface area contributed by atoms with Gasteiger partial charge in [-0.3, -0.25) is 4.79 Å². The SMILES string of the molecule is CC(C)[C@H](NC(=O)NC(C)(C)C)C(=O)NCC1NCCc2ccccc21.Cl. The van der Waals surface area contributed by atoms with Gasteiger partial charge in [0.05, 0.1) is 0 Å². The first-order valence-electron chi connectivity index (χ1n) is 9.35. The molecule has 1 aromatic rings. The molecule has 2 atom stereocenters. The monoisotopic (exact) mass is 396 g/mol. The number of benzene rings is 1. The molecule has 4 N–H and O–H groups in total. The van der Waals surface area contributed by atoms with Crippen molar-refractivity contribution in [2.75, 3.05) is 13.1 Å². The van der Waals surface area contributed by atoms with Gasteiger partial charge in [-0.2, -0.15) is 0 Å². The number of nitrogens with one attached hydrogen (secondary N) is 4.